The fourth-order valence-electron chi connectivity index (χ4n) is 5.19. The quantitative estimate of drug-likeness (QED) is 0.254. The Labute approximate surface area is 222 Å². The molecule has 0 aromatic heterocycles. The number of nitrogens with zero attached hydrogens (tertiary/aromatic N) is 1. The number of rotatable bonds is 9. The first-order valence-electron chi connectivity index (χ1n) is 12.2. The third-order valence-electron chi connectivity index (χ3n) is 7.03. The van der Waals surface area contributed by atoms with Crippen LogP contribution in [0.5, 0.6) is 11.5 Å². The molecule has 0 amide bonds. The van der Waals surface area contributed by atoms with Gasteiger partial charge in [-0.25, -0.2) is 0 Å². The van der Waals surface area contributed by atoms with Crippen LogP contribution in [-0.4, -0.2) is 58.3 Å². The highest BCUT2D eigenvalue weighted by molar-refractivity contribution is 7.98. The van der Waals surface area contributed by atoms with Crippen molar-refractivity contribution in [3.63, 3.8) is 0 Å². The average Bonchev–Trinajstić information content (AvgIpc) is 2.91. The van der Waals surface area contributed by atoms with Gasteiger partial charge in [-0.15, -0.1) is 11.8 Å². The highest BCUT2D eigenvalue weighted by Gasteiger charge is 2.44. The van der Waals surface area contributed by atoms with Crippen molar-refractivity contribution >= 4 is 29.2 Å². The zero-order valence-corrected chi connectivity index (χ0v) is 22.7. The van der Waals surface area contributed by atoms with Crippen LogP contribution in [0.25, 0.3) is 0 Å². The average molecular weight is 524 g/mol. The van der Waals surface area contributed by atoms with E-state index in [-0.39, 0.29) is 18.3 Å². The molecule has 4 rings (SSSR count). The number of hydrogen-bond donors (Lipinski definition) is 0. The second-order valence-corrected chi connectivity index (χ2v) is 10.0. The van der Waals surface area contributed by atoms with Crippen molar-refractivity contribution in [3.05, 3.63) is 64.9 Å². The fraction of sp³-hybridized carbons (Fsp3) is 0.414. The van der Waals surface area contributed by atoms with Gasteiger partial charge < -0.3 is 18.9 Å². The number of Topliss-reactive ketones (excluding diaryl/α,β-unsaturated/α-hetero) is 1. The molecule has 1 aliphatic carbocycles. The number of thioether (sulfide) groups is 1. The third-order valence-corrected chi connectivity index (χ3v) is 7.77. The van der Waals surface area contributed by atoms with Crippen LogP contribution >= 0.6 is 11.8 Å². The Morgan fingerprint density at radius 3 is 2.32 bits per heavy atom. The van der Waals surface area contributed by atoms with Crippen molar-refractivity contribution in [1.29, 1.82) is 0 Å². The summed E-state index contributed by atoms with van der Waals surface area (Å²) in [6.45, 7) is 2.31. The summed E-state index contributed by atoms with van der Waals surface area (Å²) in [5.41, 5.74) is 3.92. The van der Waals surface area contributed by atoms with Gasteiger partial charge in [-0.3, -0.25) is 14.6 Å². The number of carbonyl (C=O) groups excluding carboxylic acids is 2. The van der Waals surface area contributed by atoms with E-state index in [2.05, 4.69) is 0 Å². The predicted octanol–water partition coefficient (Wildman–Crippen LogP) is 5.19. The molecule has 3 atom stereocenters. The Bertz CT molecular complexity index is 1220. The van der Waals surface area contributed by atoms with Crippen LogP contribution in [0.4, 0.5) is 0 Å². The first-order chi connectivity index (χ1) is 17.9. The topological polar surface area (TPSA) is 83.4 Å². The molecule has 0 radical (unpaired) electrons. The minimum Gasteiger partial charge on any atom is -0.493 e. The summed E-state index contributed by atoms with van der Waals surface area (Å²) in [6.07, 6.45) is 2.94. The molecule has 196 valence electrons. The lowest BCUT2D eigenvalue weighted by atomic mass is 9.69. The van der Waals surface area contributed by atoms with Gasteiger partial charge in [0.15, 0.2) is 17.3 Å². The molecule has 1 heterocycles. The lowest BCUT2D eigenvalue weighted by Crippen LogP contribution is -2.38. The van der Waals surface area contributed by atoms with Crippen LogP contribution in [-0.2, 0) is 19.1 Å². The predicted molar refractivity (Wildman–Crippen MR) is 144 cm³/mol. The van der Waals surface area contributed by atoms with E-state index < -0.39 is 17.8 Å². The van der Waals surface area contributed by atoms with Crippen molar-refractivity contribution in [2.24, 2.45) is 10.9 Å². The van der Waals surface area contributed by atoms with Crippen LogP contribution in [0.1, 0.15) is 42.7 Å². The minimum absolute atomic E-state index is 0.00548. The number of benzene rings is 2. The van der Waals surface area contributed by atoms with Crippen molar-refractivity contribution in [3.8, 4) is 11.5 Å². The van der Waals surface area contributed by atoms with Gasteiger partial charge in [0.2, 0.25) is 0 Å². The number of aliphatic imine (C=N–C) groups is 1. The van der Waals surface area contributed by atoms with Crippen LogP contribution in [0.2, 0.25) is 0 Å². The maximum absolute atomic E-state index is 13.8. The summed E-state index contributed by atoms with van der Waals surface area (Å²) in [4.78, 5) is 33.0. The first-order valence-corrected chi connectivity index (χ1v) is 13.5. The van der Waals surface area contributed by atoms with E-state index in [9.17, 15) is 9.59 Å². The van der Waals surface area contributed by atoms with Crippen LogP contribution < -0.4 is 9.47 Å². The van der Waals surface area contributed by atoms with E-state index in [0.717, 1.165) is 21.7 Å². The summed E-state index contributed by atoms with van der Waals surface area (Å²) in [7, 11) is 4.76. The molecule has 0 spiro atoms. The molecule has 0 saturated heterocycles. The Balaban J connectivity index is 1.73. The highest BCUT2D eigenvalue weighted by atomic mass is 32.2. The van der Waals surface area contributed by atoms with Gasteiger partial charge in [-0.1, -0.05) is 18.2 Å². The molecule has 7 nitrogen and oxygen atoms in total. The molecule has 2 aromatic rings. The second kappa shape index (κ2) is 12.0. The molecule has 2 aliphatic rings. The standard InChI is InChI=1S/C29H33NO6S/c1-17-26(29(32)36-13-12-33-2)27(18-6-9-21(37-5)10-7-18)28-22(30-17)14-20(15-23(28)31)19-8-11-24(34-3)25(16-19)35-4/h6-11,16,20,26-27H,12-15H2,1-5H3/t20-,26?,27+/m0/s1. The maximum Gasteiger partial charge on any atom is 0.315 e. The van der Waals surface area contributed by atoms with E-state index >= 15 is 0 Å². The number of hydrogen-bond acceptors (Lipinski definition) is 8. The van der Waals surface area contributed by atoms with Crippen LogP contribution in [0.3, 0.4) is 0 Å². The molecule has 37 heavy (non-hydrogen) atoms. The molecule has 0 saturated carbocycles. The summed E-state index contributed by atoms with van der Waals surface area (Å²) < 4.78 is 21.4. The van der Waals surface area contributed by atoms with E-state index in [1.54, 1.807) is 33.1 Å². The SMILES string of the molecule is COCCOC(=O)C1C(C)=NC2=C(C(=O)C[C@@H](c3ccc(OC)c(OC)c3)C2)[C@@H]1c1ccc(SC)cc1. The van der Waals surface area contributed by atoms with E-state index in [4.69, 9.17) is 23.9 Å². The summed E-state index contributed by atoms with van der Waals surface area (Å²) in [6, 6.07) is 13.8. The smallest absolute Gasteiger partial charge is 0.315 e. The van der Waals surface area contributed by atoms with Crippen LogP contribution in [0, 0.1) is 5.92 Å². The Morgan fingerprint density at radius 1 is 0.973 bits per heavy atom. The third kappa shape index (κ3) is 5.60. The first kappa shape index (κ1) is 26.9. The molecule has 8 heteroatoms. The monoisotopic (exact) mass is 523 g/mol. The van der Waals surface area contributed by atoms with Gasteiger partial charge in [-0.2, -0.15) is 0 Å². The fourth-order valence-corrected chi connectivity index (χ4v) is 5.60. The molecule has 1 unspecified atom stereocenters. The lowest BCUT2D eigenvalue weighted by Gasteiger charge is -2.36. The highest BCUT2D eigenvalue weighted by Crippen LogP contribution is 2.47. The number of ketones is 1. The van der Waals surface area contributed by atoms with Crippen LogP contribution in [0.15, 0.2) is 63.6 Å². The Hall–Kier alpha value is -3.10. The molecular formula is C29H33NO6S. The van der Waals surface area contributed by atoms with E-state index in [0.29, 0.717) is 42.2 Å². The zero-order valence-electron chi connectivity index (χ0n) is 21.9. The van der Waals surface area contributed by atoms with E-state index in [1.807, 2.05) is 55.6 Å². The minimum atomic E-state index is -0.669. The normalized spacial score (nSPS) is 21.3. The van der Waals surface area contributed by atoms with Gasteiger partial charge >= 0.3 is 5.97 Å². The van der Waals surface area contributed by atoms with Crippen molar-refractivity contribution < 1.29 is 28.5 Å². The van der Waals surface area contributed by atoms with Gasteiger partial charge in [-0.05, 0) is 60.9 Å². The molecule has 2 aromatic carbocycles. The summed E-state index contributed by atoms with van der Waals surface area (Å²) >= 11 is 1.64. The zero-order chi connectivity index (χ0) is 26.5. The Morgan fingerprint density at radius 2 is 1.68 bits per heavy atom. The summed E-state index contributed by atoms with van der Waals surface area (Å²) in [5, 5.41) is 0. The molecule has 1 aliphatic heterocycles. The maximum atomic E-state index is 13.8. The van der Waals surface area contributed by atoms with Gasteiger partial charge in [0, 0.05) is 41.3 Å². The summed E-state index contributed by atoms with van der Waals surface area (Å²) in [5.74, 6) is -0.281. The van der Waals surface area contributed by atoms with Gasteiger partial charge in [0.05, 0.1) is 20.8 Å². The number of allylic oxidation sites excluding steroid dienone is 2. The molecule has 0 bridgehead atoms. The number of esters is 1. The van der Waals surface area contributed by atoms with E-state index in [1.165, 1.54) is 0 Å². The molecule has 0 fully saturated rings. The second-order valence-electron chi connectivity index (χ2n) is 9.15. The van der Waals surface area contributed by atoms with Gasteiger partial charge in [0.1, 0.15) is 12.5 Å². The van der Waals surface area contributed by atoms with Crippen molar-refractivity contribution in [2.75, 3.05) is 40.8 Å². The lowest BCUT2D eigenvalue weighted by molar-refractivity contribution is -0.147. The van der Waals surface area contributed by atoms with Crippen molar-refractivity contribution in [1.82, 2.24) is 0 Å². The molecular weight excluding hydrogens is 490 g/mol. The number of ether oxygens (including phenoxy) is 4. The molecule has 0 N–H and O–H groups in total. The van der Waals surface area contributed by atoms with Gasteiger partial charge in [0.25, 0.3) is 0 Å². The largest absolute Gasteiger partial charge is 0.493 e. The Kier molecular flexibility index (Phi) is 8.71. The number of methoxy groups -OCH3 is 3. The van der Waals surface area contributed by atoms with Crippen molar-refractivity contribution in [2.45, 2.75) is 36.5 Å². The number of carbonyl (C=O) groups is 2.